The van der Waals surface area contributed by atoms with Crippen molar-refractivity contribution in [1.82, 2.24) is 14.7 Å². The second-order valence-corrected chi connectivity index (χ2v) is 10.7. The van der Waals surface area contributed by atoms with Crippen LogP contribution in [0.2, 0.25) is 0 Å². The van der Waals surface area contributed by atoms with Gasteiger partial charge in [0.15, 0.2) is 11.5 Å². The van der Waals surface area contributed by atoms with E-state index in [0.717, 1.165) is 24.8 Å². The summed E-state index contributed by atoms with van der Waals surface area (Å²) < 4.78 is 21.4. The summed E-state index contributed by atoms with van der Waals surface area (Å²) in [5.41, 5.74) is 0.512. The average molecular weight is 556 g/mol. The summed E-state index contributed by atoms with van der Waals surface area (Å²) >= 11 is 0. The molecule has 0 aromatic heterocycles. The third-order valence-corrected chi connectivity index (χ3v) is 8.32. The van der Waals surface area contributed by atoms with Crippen molar-refractivity contribution in [3.63, 3.8) is 0 Å². The number of fused-ring (bicyclic) bond motifs is 2. The summed E-state index contributed by atoms with van der Waals surface area (Å²) in [6.45, 7) is 3.92. The second kappa shape index (κ2) is 11.8. The molecule has 40 heavy (non-hydrogen) atoms. The molecule has 2 saturated heterocycles. The normalized spacial score (nSPS) is 24.1. The molecule has 1 aromatic rings. The van der Waals surface area contributed by atoms with Gasteiger partial charge in [-0.15, -0.1) is 0 Å². The molecule has 0 unspecified atom stereocenters. The number of nitrogens with zero attached hydrogens (tertiary/aromatic N) is 3. The summed E-state index contributed by atoms with van der Waals surface area (Å²) in [4.78, 5) is 57.9. The lowest BCUT2D eigenvalue weighted by Crippen LogP contribution is -2.54. The molecule has 0 bridgehead atoms. The maximum atomic E-state index is 14.1. The molecular weight excluding hydrogens is 518 g/mol. The highest BCUT2D eigenvalue weighted by Gasteiger charge is 2.54. The van der Waals surface area contributed by atoms with Gasteiger partial charge in [-0.2, -0.15) is 0 Å². The zero-order chi connectivity index (χ0) is 28.3. The number of piperazine rings is 1. The molecule has 0 saturated carbocycles. The number of ether oxygens (including phenoxy) is 4. The minimum absolute atomic E-state index is 0.0120. The number of amides is 3. The van der Waals surface area contributed by atoms with Crippen LogP contribution in [0.1, 0.15) is 51.0 Å². The van der Waals surface area contributed by atoms with E-state index in [9.17, 15) is 19.2 Å². The van der Waals surface area contributed by atoms with Crippen LogP contribution >= 0.6 is 0 Å². The summed E-state index contributed by atoms with van der Waals surface area (Å²) in [5, 5.41) is 0. The Morgan fingerprint density at radius 1 is 1.05 bits per heavy atom. The SMILES string of the molecule is CCOC(=O)N1CCN(C(=O)C[C@@H]2C[C@@]3(C(=O)OC)CCCCC=C3N(Cc3ccc4c(c3)OCO4)C2=O)CC1. The van der Waals surface area contributed by atoms with E-state index in [1.807, 2.05) is 24.3 Å². The van der Waals surface area contributed by atoms with Crippen molar-refractivity contribution in [3.05, 3.63) is 35.5 Å². The van der Waals surface area contributed by atoms with Crippen molar-refractivity contribution < 1.29 is 38.1 Å². The van der Waals surface area contributed by atoms with E-state index in [0.29, 0.717) is 56.4 Å². The molecule has 3 amide bonds. The van der Waals surface area contributed by atoms with Crippen molar-refractivity contribution in [2.75, 3.05) is 46.7 Å². The first-order valence-corrected chi connectivity index (χ1v) is 14.0. The van der Waals surface area contributed by atoms with Crippen LogP contribution in [-0.4, -0.2) is 85.3 Å². The lowest BCUT2D eigenvalue weighted by molar-refractivity contribution is -0.160. The number of likely N-dealkylation sites (tertiary alicyclic amines) is 1. The average Bonchev–Trinajstić information content (AvgIpc) is 3.33. The second-order valence-electron chi connectivity index (χ2n) is 10.7. The van der Waals surface area contributed by atoms with Crippen LogP contribution in [0.15, 0.2) is 30.0 Å². The highest BCUT2D eigenvalue weighted by atomic mass is 16.7. The van der Waals surface area contributed by atoms with E-state index in [-0.39, 0.29) is 50.1 Å². The fraction of sp³-hybridized carbons (Fsp3) is 0.586. The summed E-state index contributed by atoms with van der Waals surface area (Å²) in [6.07, 6.45) is 4.87. The first-order chi connectivity index (χ1) is 19.4. The molecule has 5 rings (SSSR count). The first kappa shape index (κ1) is 27.8. The molecule has 0 spiro atoms. The topological polar surface area (TPSA) is 115 Å². The molecule has 2 fully saturated rings. The van der Waals surface area contributed by atoms with E-state index in [2.05, 4.69) is 0 Å². The predicted molar refractivity (Wildman–Crippen MR) is 142 cm³/mol. The Balaban J connectivity index is 1.38. The Hall–Kier alpha value is -3.76. The summed E-state index contributed by atoms with van der Waals surface area (Å²) in [5.74, 6) is -0.124. The third-order valence-electron chi connectivity index (χ3n) is 8.32. The first-order valence-electron chi connectivity index (χ1n) is 14.0. The van der Waals surface area contributed by atoms with Crippen LogP contribution in [0, 0.1) is 11.3 Å². The molecule has 216 valence electrons. The van der Waals surface area contributed by atoms with Gasteiger partial charge in [0.25, 0.3) is 0 Å². The number of methoxy groups -OCH3 is 1. The Bertz CT molecular complexity index is 1190. The van der Waals surface area contributed by atoms with Gasteiger partial charge in [-0.25, -0.2) is 4.79 Å². The van der Waals surface area contributed by atoms with Crippen LogP contribution in [0.4, 0.5) is 4.79 Å². The molecule has 2 atom stereocenters. The van der Waals surface area contributed by atoms with E-state index < -0.39 is 11.3 Å². The highest BCUT2D eigenvalue weighted by molar-refractivity contribution is 5.92. The van der Waals surface area contributed by atoms with Crippen LogP contribution in [0.3, 0.4) is 0 Å². The van der Waals surface area contributed by atoms with E-state index in [4.69, 9.17) is 18.9 Å². The number of piperidine rings is 1. The highest BCUT2D eigenvalue weighted by Crippen LogP contribution is 2.50. The fourth-order valence-electron chi connectivity index (χ4n) is 6.28. The van der Waals surface area contributed by atoms with Crippen molar-refractivity contribution in [3.8, 4) is 11.5 Å². The summed E-state index contributed by atoms with van der Waals surface area (Å²) in [6, 6.07) is 5.55. The standard InChI is InChI=1S/C29H37N3O8/c1-3-38-28(36)31-13-11-30(12-14-31)25(33)16-21-17-29(27(35)37-2)10-6-4-5-7-24(29)32(26(21)34)18-20-8-9-22-23(15-20)40-19-39-22/h7-9,15,21H,3-6,10-14,16-19H2,1-2H3/t21-,29+/m1/s1. The Morgan fingerprint density at radius 3 is 2.55 bits per heavy atom. The number of rotatable bonds is 6. The molecule has 3 aliphatic heterocycles. The van der Waals surface area contributed by atoms with Crippen LogP contribution in [0.25, 0.3) is 0 Å². The van der Waals surface area contributed by atoms with Gasteiger partial charge in [0, 0.05) is 44.2 Å². The van der Waals surface area contributed by atoms with Gasteiger partial charge in [-0.3, -0.25) is 14.4 Å². The monoisotopic (exact) mass is 555 g/mol. The molecule has 1 aliphatic carbocycles. The van der Waals surface area contributed by atoms with Crippen molar-refractivity contribution in [2.24, 2.45) is 11.3 Å². The molecule has 1 aromatic carbocycles. The van der Waals surface area contributed by atoms with Crippen LogP contribution in [-0.2, 0) is 30.4 Å². The van der Waals surface area contributed by atoms with Crippen molar-refractivity contribution in [1.29, 1.82) is 0 Å². The molecule has 3 heterocycles. The van der Waals surface area contributed by atoms with Gasteiger partial charge in [-0.05, 0) is 50.3 Å². The van der Waals surface area contributed by atoms with E-state index >= 15 is 0 Å². The fourth-order valence-corrected chi connectivity index (χ4v) is 6.28. The van der Waals surface area contributed by atoms with Crippen molar-refractivity contribution in [2.45, 2.75) is 52.0 Å². The largest absolute Gasteiger partial charge is 0.468 e. The molecule has 11 nitrogen and oxygen atoms in total. The zero-order valence-corrected chi connectivity index (χ0v) is 23.2. The van der Waals surface area contributed by atoms with Gasteiger partial charge < -0.3 is 33.6 Å². The van der Waals surface area contributed by atoms with Gasteiger partial charge in [0.2, 0.25) is 18.6 Å². The van der Waals surface area contributed by atoms with E-state index in [1.165, 1.54) is 7.11 Å². The molecule has 0 radical (unpaired) electrons. The number of benzene rings is 1. The molecular formula is C29H37N3O8. The quantitative estimate of drug-likeness (QED) is 0.492. The van der Waals surface area contributed by atoms with Crippen LogP contribution < -0.4 is 9.47 Å². The van der Waals surface area contributed by atoms with E-state index in [1.54, 1.807) is 21.6 Å². The Morgan fingerprint density at radius 2 is 1.80 bits per heavy atom. The zero-order valence-electron chi connectivity index (χ0n) is 23.2. The number of allylic oxidation sites excluding steroid dienone is 1. The maximum Gasteiger partial charge on any atom is 0.409 e. The van der Waals surface area contributed by atoms with Gasteiger partial charge in [0.1, 0.15) is 5.41 Å². The van der Waals surface area contributed by atoms with Gasteiger partial charge in [0.05, 0.1) is 20.3 Å². The number of carbonyl (C=O) groups excluding carboxylic acids is 4. The number of hydrogen-bond donors (Lipinski definition) is 0. The Labute approximate surface area is 233 Å². The lowest BCUT2D eigenvalue weighted by atomic mass is 9.69. The minimum Gasteiger partial charge on any atom is -0.468 e. The van der Waals surface area contributed by atoms with Gasteiger partial charge >= 0.3 is 12.1 Å². The summed E-state index contributed by atoms with van der Waals surface area (Å²) in [7, 11) is 1.38. The van der Waals surface area contributed by atoms with Gasteiger partial charge in [-0.1, -0.05) is 18.6 Å². The number of hydrogen-bond acceptors (Lipinski definition) is 8. The lowest BCUT2D eigenvalue weighted by Gasteiger charge is -2.46. The molecule has 0 N–H and O–H groups in total. The Kier molecular flexibility index (Phi) is 8.18. The third kappa shape index (κ3) is 5.33. The minimum atomic E-state index is -0.997. The predicted octanol–water partition coefficient (Wildman–Crippen LogP) is 3.07. The smallest absolute Gasteiger partial charge is 0.409 e. The van der Waals surface area contributed by atoms with Crippen molar-refractivity contribution >= 4 is 23.9 Å². The molecule has 11 heteroatoms. The van der Waals surface area contributed by atoms with Crippen LogP contribution in [0.5, 0.6) is 11.5 Å². The number of esters is 1. The molecule has 4 aliphatic rings. The number of carbonyl (C=O) groups is 4. The maximum absolute atomic E-state index is 14.1.